The second-order valence-electron chi connectivity index (χ2n) is 10.5. The van der Waals surface area contributed by atoms with Gasteiger partial charge in [-0.25, -0.2) is 9.59 Å². The van der Waals surface area contributed by atoms with Gasteiger partial charge in [0.15, 0.2) is 0 Å². The summed E-state index contributed by atoms with van der Waals surface area (Å²) in [6.45, 7) is 2.26. The van der Waals surface area contributed by atoms with Gasteiger partial charge in [-0.15, -0.1) is 0 Å². The van der Waals surface area contributed by atoms with Gasteiger partial charge < -0.3 is 15.0 Å². The number of ether oxygens (including phenoxy) is 1. The summed E-state index contributed by atoms with van der Waals surface area (Å²) >= 11 is 0. The maximum Gasteiger partial charge on any atom is 0.416 e. The third kappa shape index (κ3) is 6.26. The molecular formula is C28H32F3N6O3+. The molecule has 12 heteroatoms. The monoisotopic (exact) mass is 557 g/mol. The van der Waals surface area contributed by atoms with Crippen molar-refractivity contribution in [1.82, 2.24) is 4.90 Å². The number of nitrogens with two attached hydrogens (primary N) is 1. The Labute approximate surface area is 230 Å². The highest BCUT2D eigenvalue weighted by molar-refractivity contribution is 6.10. The molecule has 40 heavy (non-hydrogen) atoms. The number of methoxy groups -OCH3 is 1. The zero-order chi connectivity index (χ0) is 30.0. The van der Waals surface area contributed by atoms with Crippen LogP contribution in [0.15, 0.2) is 53.7 Å². The van der Waals surface area contributed by atoms with Crippen molar-refractivity contribution in [3.63, 3.8) is 0 Å². The van der Waals surface area contributed by atoms with E-state index in [9.17, 15) is 28.0 Å². The predicted octanol–water partition coefficient (Wildman–Crippen LogP) is 4.54. The first-order chi connectivity index (χ1) is 18.6. The Balaban J connectivity index is 2.28. The lowest BCUT2D eigenvalue weighted by Gasteiger charge is -2.43. The Morgan fingerprint density at radius 1 is 1.18 bits per heavy atom. The van der Waals surface area contributed by atoms with Crippen molar-refractivity contribution >= 4 is 23.6 Å². The van der Waals surface area contributed by atoms with Gasteiger partial charge >= 0.3 is 18.2 Å². The summed E-state index contributed by atoms with van der Waals surface area (Å²) < 4.78 is 46.2. The molecule has 1 aliphatic heterocycles. The Hall–Kier alpha value is -4.37. The van der Waals surface area contributed by atoms with E-state index in [4.69, 9.17) is 15.9 Å². The van der Waals surface area contributed by atoms with Gasteiger partial charge in [0.2, 0.25) is 5.96 Å². The molecule has 212 valence electrons. The maximum absolute atomic E-state index is 13.5. The molecule has 0 radical (unpaired) electrons. The number of anilines is 1. The number of carbonyl (C=O) groups is 2. The summed E-state index contributed by atoms with van der Waals surface area (Å²) in [5, 5.41) is 18.4. The van der Waals surface area contributed by atoms with Crippen molar-refractivity contribution in [3.05, 3.63) is 76.0 Å². The number of benzene rings is 2. The fourth-order valence-electron chi connectivity index (χ4n) is 4.77. The van der Waals surface area contributed by atoms with Crippen LogP contribution in [0.5, 0.6) is 0 Å². The predicted molar refractivity (Wildman–Crippen MR) is 143 cm³/mol. The van der Waals surface area contributed by atoms with Crippen LogP contribution < -0.4 is 10.6 Å². The minimum atomic E-state index is -4.66. The molecule has 0 spiro atoms. The van der Waals surface area contributed by atoms with Gasteiger partial charge in [0.05, 0.1) is 57.6 Å². The molecule has 1 heterocycles. The average Bonchev–Trinajstić information content (AvgIpc) is 2.86. The quantitative estimate of drug-likeness (QED) is 0.382. The number of esters is 1. The number of hydrogen-bond acceptors (Lipinski definition) is 5. The number of urea groups is 1. The fourth-order valence-corrected chi connectivity index (χ4v) is 4.77. The van der Waals surface area contributed by atoms with Crippen LogP contribution in [0, 0.1) is 16.7 Å². The van der Waals surface area contributed by atoms with E-state index in [1.54, 1.807) is 12.1 Å². The highest BCUT2D eigenvalue weighted by Crippen LogP contribution is 2.42. The minimum Gasteiger partial charge on any atom is -0.466 e. The van der Waals surface area contributed by atoms with Crippen molar-refractivity contribution in [2.45, 2.75) is 32.0 Å². The zero-order valence-electron chi connectivity index (χ0n) is 23.0. The summed E-state index contributed by atoms with van der Waals surface area (Å²) in [7, 11) is 7.25. The Bertz CT molecular complexity index is 1410. The lowest BCUT2D eigenvalue weighted by Crippen LogP contribution is -2.55. The van der Waals surface area contributed by atoms with Crippen LogP contribution in [0.1, 0.15) is 41.6 Å². The topological polar surface area (TPSA) is 124 Å². The van der Waals surface area contributed by atoms with Crippen LogP contribution in [-0.2, 0) is 22.1 Å². The lowest BCUT2D eigenvalue weighted by atomic mass is 9.87. The van der Waals surface area contributed by atoms with Crippen LogP contribution >= 0.6 is 0 Å². The number of amides is 2. The zero-order valence-corrected chi connectivity index (χ0v) is 23.0. The summed E-state index contributed by atoms with van der Waals surface area (Å²) in [6.07, 6.45) is -3.47. The van der Waals surface area contributed by atoms with Crippen LogP contribution in [0.4, 0.5) is 23.7 Å². The number of aryl methyl sites for hydroxylation is 1. The van der Waals surface area contributed by atoms with Crippen LogP contribution in [0.2, 0.25) is 0 Å². The maximum atomic E-state index is 13.5. The van der Waals surface area contributed by atoms with Gasteiger partial charge in [0, 0.05) is 17.8 Å². The number of nitrogens with zero attached hydrogens (tertiary/aromatic N) is 4. The molecule has 0 saturated heterocycles. The highest BCUT2D eigenvalue weighted by Gasteiger charge is 2.44. The molecule has 1 aliphatic rings. The summed E-state index contributed by atoms with van der Waals surface area (Å²) in [6, 6.07) is 8.79. The standard InChI is InChI=1S/C28H31F3N6O3/c1-17-23(25(38)40-5)24(22-12-11-18(16-32)14-19(22)8-7-13-37(2,3)4)36(27(34)39)26(33)35(17)21-10-6-9-20(15-21)28(29,30)31/h6,9-12,14-15,24,33H,7-8,13H2,1-5H3,(H-,34,39)/p+1/t24-/m1/s1. The number of allylic oxidation sites excluding steroid dienone is 1. The summed E-state index contributed by atoms with van der Waals surface area (Å²) in [5.41, 5.74) is 6.19. The van der Waals surface area contributed by atoms with Crippen LogP contribution in [0.3, 0.4) is 0 Å². The third-order valence-electron chi connectivity index (χ3n) is 6.61. The molecule has 2 aromatic rings. The molecular weight excluding hydrogens is 525 g/mol. The molecule has 2 amide bonds. The van der Waals surface area contributed by atoms with Gasteiger partial charge in [-0.1, -0.05) is 12.1 Å². The van der Waals surface area contributed by atoms with Gasteiger partial charge in [0.25, 0.3) is 0 Å². The van der Waals surface area contributed by atoms with E-state index in [1.807, 2.05) is 21.1 Å². The van der Waals surface area contributed by atoms with Crippen LogP contribution in [0.25, 0.3) is 0 Å². The van der Waals surface area contributed by atoms with Crippen LogP contribution in [-0.4, -0.2) is 62.1 Å². The first kappa shape index (κ1) is 30.2. The van der Waals surface area contributed by atoms with E-state index >= 15 is 0 Å². The number of nitriles is 1. The molecule has 0 unspecified atom stereocenters. The van der Waals surface area contributed by atoms with E-state index in [-0.39, 0.29) is 17.0 Å². The average molecular weight is 558 g/mol. The molecule has 0 aromatic heterocycles. The highest BCUT2D eigenvalue weighted by atomic mass is 19.4. The van der Waals surface area contributed by atoms with E-state index < -0.39 is 35.7 Å². The molecule has 3 rings (SSSR count). The van der Waals surface area contributed by atoms with Gasteiger partial charge in [-0.2, -0.15) is 18.4 Å². The Morgan fingerprint density at radius 2 is 1.85 bits per heavy atom. The minimum absolute atomic E-state index is 0.0766. The number of primary amides is 1. The summed E-state index contributed by atoms with van der Waals surface area (Å²) in [5.74, 6) is -1.39. The molecule has 1 atom stereocenters. The Kier molecular flexibility index (Phi) is 8.60. The normalized spacial score (nSPS) is 16.2. The van der Waals surface area contributed by atoms with Gasteiger partial charge in [0.1, 0.15) is 6.04 Å². The second kappa shape index (κ2) is 11.4. The summed E-state index contributed by atoms with van der Waals surface area (Å²) in [4.78, 5) is 28.0. The lowest BCUT2D eigenvalue weighted by molar-refractivity contribution is -0.870. The molecule has 0 saturated carbocycles. The van der Waals surface area contributed by atoms with Gasteiger partial charge in [-0.3, -0.25) is 15.2 Å². The number of nitrogens with one attached hydrogen (secondary N) is 1. The van der Waals surface area contributed by atoms with E-state index in [2.05, 4.69) is 6.07 Å². The van der Waals surface area contributed by atoms with E-state index in [1.165, 1.54) is 25.1 Å². The number of hydrogen-bond donors (Lipinski definition) is 2. The number of halogens is 3. The SMILES string of the molecule is COC(=O)C1=C(C)N(c2cccc(C(F)(F)F)c2)C(=N)N(C(N)=O)[C@@H]1c1ccc(C#N)cc1CCC[N+](C)(C)C. The fraction of sp³-hybridized carbons (Fsp3) is 0.357. The molecule has 9 nitrogen and oxygen atoms in total. The van der Waals surface area contributed by atoms with Crippen molar-refractivity contribution in [2.75, 3.05) is 39.7 Å². The van der Waals surface area contributed by atoms with Crippen molar-refractivity contribution in [2.24, 2.45) is 5.73 Å². The van der Waals surface area contributed by atoms with Crippen molar-refractivity contribution in [3.8, 4) is 6.07 Å². The van der Waals surface area contributed by atoms with Crippen molar-refractivity contribution < 1.29 is 32.0 Å². The largest absolute Gasteiger partial charge is 0.466 e. The van der Waals surface area contributed by atoms with E-state index in [0.717, 1.165) is 35.6 Å². The molecule has 0 bridgehead atoms. The number of quaternary nitrogens is 1. The van der Waals surface area contributed by atoms with Crippen molar-refractivity contribution in [1.29, 1.82) is 10.7 Å². The smallest absolute Gasteiger partial charge is 0.416 e. The third-order valence-corrected chi connectivity index (χ3v) is 6.61. The Morgan fingerprint density at radius 3 is 2.40 bits per heavy atom. The molecule has 0 fully saturated rings. The van der Waals surface area contributed by atoms with E-state index in [0.29, 0.717) is 34.0 Å². The number of alkyl halides is 3. The molecule has 0 aliphatic carbocycles. The first-order valence-electron chi connectivity index (χ1n) is 12.4. The van der Waals surface area contributed by atoms with Gasteiger partial charge in [-0.05, 0) is 54.8 Å². The number of carbonyl (C=O) groups excluding carboxylic acids is 2. The number of guanidine groups is 1. The first-order valence-corrected chi connectivity index (χ1v) is 12.4. The second-order valence-corrected chi connectivity index (χ2v) is 10.5. The molecule has 3 N–H and O–H groups in total. The molecule has 2 aromatic carbocycles. The number of rotatable bonds is 7.